The van der Waals surface area contributed by atoms with Crippen molar-refractivity contribution in [2.45, 2.75) is 19.3 Å². The molecule has 64 valence electrons. The maximum atomic E-state index is 2.30. The zero-order valence-electron chi connectivity index (χ0n) is 7.59. The second-order valence-corrected chi connectivity index (χ2v) is 3.72. The molecule has 0 saturated heterocycles. The van der Waals surface area contributed by atoms with E-state index in [9.17, 15) is 0 Å². The highest BCUT2D eigenvalue weighted by atomic mass is 14.3. The molecule has 0 radical (unpaired) electrons. The molecule has 3 rings (SSSR count). The minimum atomic E-state index is 1.15. The van der Waals surface area contributed by atoms with Crippen molar-refractivity contribution in [3.63, 3.8) is 0 Å². The third-order valence-corrected chi connectivity index (χ3v) is 2.99. The molecule has 0 spiro atoms. The molecule has 0 amide bonds. The van der Waals surface area contributed by atoms with Crippen molar-refractivity contribution in [2.75, 3.05) is 0 Å². The molecule has 0 atom stereocenters. The lowest BCUT2D eigenvalue weighted by Crippen LogP contribution is -2.04. The Kier molecular flexibility index (Phi) is 1.42. The summed E-state index contributed by atoms with van der Waals surface area (Å²) in [4.78, 5) is 0. The molecular weight excluding hydrogens is 156 g/mol. The molecule has 13 heavy (non-hydrogen) atoms. The molecular formula is C13H12. The van der Waals surface area contributed by atoms with Crippen LogP contribution in [0.25, 0.3) is 11.1 Å². The molecule has 1 aromatic rings. The van der Waals surface area contributed by atoms with Gasteiger partial charge in [-0.1, -0.05) is 36.4 Å². The third-order valence-electron chi connectivity index (χ3n) is 2.99. The highest BCUT2D eigenvalue weighted by Crippen LogP contribution is 2.45. The Bertz CT molecular complexity index is 408. The summed E-state index contributed by atoms with van der Waals surface area (Å²) in [5, 5.41) is 0. The van der Waals surface area contributed by atoms with Gasteiger partial charge in [0.1, 0.15) is 0 Å². The average molecular weight is 168 g/mol. The Morgan fingerprint density at radius 3 is 2.46 bits per heavy atom. The Morgan fingerprint density at radius 2 is 1.62 bits per heavy atom. The second kappa shape index (κ2) is 2.59. The Morgan fingerprint density at radius 1 is 0.846 bits per heavy atom. The fraction of sp³-hybridized carbons (Fsp3) is 0.231. The van der Waals surface area contributed by atoms with Gasteiger partial charge in [-0.3, -0.25) is 0 Å². The number of hydrogen-bond acceptors (Lipinski definition) is 0. The molecule has 0 heterocycles. The molecule has 0 saturated carbocycles. The molecule has 1 aromatic carbocycles. The first-order chi connectivity index (χ1) is 6.47. The summed E-state index contributed by atoms with van der Waals surface area (Å²) in [7, 11) is 0. The molecule has 2 aliphatic rings. The summed E-state index contributed by atoms with van der Waals surface area (Å²) >= 11 is 0. The third kappa shape index (κ3) is 0.918. The monoisotopic (exact) mass is 168 g/mol. The topological polar surface area (TPSA) is 0 Å². The number of benzene rings is 1. The van der Waals surface area contributed by atoms with Crippen LogP contribution in [-0.2, 0) is 0 Å². The van der Waals surface area contributed by atoms with Gasteiger partial charge in [0.25, 0.3) is 0 Å². The van der Waals surface area contributed by atoms with Crippen LogP contribution in [-0.4, -0.2) is 0 Å². The van der Waals surface area contributed by atoms with Crippen LogP contribution in [0.5, 0.6) is 0 Å². The molecule has 0 heteroatoms. The van der Waals surface area contributed by atoms with Gasteiger partial charge in [-0.15, -0.1) is 0 Å². The van der Waals surface area contributed by atoms with Gasteiger partial charge in [-0.05, 0) is 41.5 Å². The van der Waals surface area contributed by atoms with Crippen molar-refractivity contribution < 1.29 is 0 Å². The van der Waals surface area contributed by atoms with Crippen molar-refractivity contribution in [1.29, 1.82) is 0 Å². The predicted octanol–water partition coefficient (Wildman–Crippen LogP) is 3.65. The van der Waals surface area contributed by atoms with E-state index in [2.05, 4.69) is 36.4 Å². The quantitative estimate of drug-likeness (QED) is 0.519. The highest BCUT2D eigenvalue weighted by molar-refractivity contribution is 6.04. The molecule has 2 aliphatic carbocycles. The number of hydrogen-bond donors (Lipinski definition) is 0. The fourth-order valence-corrected chi connectivity index (χ4v) is 2.34. The minimum Gasteiger partial charge on any atom is -0.0879 e. The van der Waals surface area contributed by atoms with E-state index in [0.29, 0.717) is 0 Å². The molecule has 0 aliphatic heterocycles. The van der Waals surface area contributed by atoms with E-state index in [1.807, 2.05) is 0 Å². The molecule has 0 fully saturated rings. The summed E-state index contributed by atoms with van der Waals surface area (Å²) in [5.74, 6) is 0. The van der Waals surface area contributed by atoms with E-state index in [-0.39, 0.29) is 0 Å². The zero-order chi connectivity index (χ0) is 8.67. The van der Waals surface area contributed by atoms with E-state index in [0.717, 1.165) is 6.42 Å². The number of fused-ring (bicyclic) bond motifs is 3. The predicted molar refractivity (Wildman–Crippen MR) is 56.2 cm³/mol. The molecule has 0 N–H and O–H groups in total. The summed E-state index contributed by atoms with van der Waals surface area (Å²) in [6, 6.07) is 8.77. The van der Waals surface area contributed by atoms with Gasteiger partial charge in [-0.2, -0.15) is 0 Å². The Labute approximate surface area is 78.6 Å². The van der Waals surface area contributed by atoms with Crippen LogP contribution in [0.1, 0.15) is 30.4 Å². The SMILES string of the molecule is C1=CCC2=C(CC1)c1ccccc12. The lowest BCUT2D eigenvalue weighted by Gasteiger charge is -2.26. The summed E-state index contributed by atoms with van der Waals surface area (Å²) in [6.45, 7) is 0. The van der Waals surface area contributed by atoms with Crippen molar-refractivity contribution in [3.8, 4) is 0 Å². The lowest BCUT2D eigenvalue weighted by atomic mass is 9.78. The molecule has 0 unspecified atom stereocenters. The average Bonchev–Trinajstić information content (AvgIpc) is 2.37. The van der Waals surface area contributed by atoms with E-state index >= 15 is 0 Å². The van der Waals surface area contributed by atoms with Crippen molar-refractivity contribution in [1.82, 2.24) is 0 Å². The van der Waals surface area contributed by atoms with Gasteiger partial charge in [0.05, 0.1) is 0 Å². The first kappa shape index (κ1) is 7.14. The van der Waals surface area contributed by atoms with Crippen LogP contribution >= 0.6 is 0 Å². The standard InChI is InChI=1S/C13H12/c1-2-6-10-11(7-3-1)13-9-5-4-8-12(10)13/h1-2,4-5,8-9H,3,6-7H2. The molecule has 0 nitrogen and oxygen atoms in total. The minimum absolute atomic E-state index is 1.15. The summed E-state index contributed by atoms with van der Waals surface area (Å²) < 4.78 is 0. The van der Waals surface area contributed by atoms with Crippen LogP contribution in [0.4, 0.5) is 0 Å². The van der Waals surface area contributed by atoms with Crippen molar-refractivity contribution >= 4 is 11.1 Å². The fourth-order valence-electron chi connectivity index (χ4n) is 2.34. The van der Waals surface area contributed by atoms with Gasteiger partial charge in [0, 0.05) is 0 Å². The highest BCUT2D eigenvalue weighted by Gasteiger charge is 2.23. The van der Waals surface area contributed by atoms with Gasteiger partial charge in [-0.25, -0.2) is 0 Å². The second-order valence-electron chi connectivity index (χ2n) is 3.72. The van der Waals surface area contributed by atoms with Crippen LogP contribution in [0.2, 0.25) is 0 Å². The van der Waals surface area contributed by atoms with Gasteiger partial charge >= 0.3 is 0 Å². The normalized spacial score (nSPS) is 18.8. The van der Waals surface area contributed by atoms with Crippen LogP contribution in [0, 0.1) is 0 Å². The van der Waals surface area contributed by atoms with Gasteiger partial charge in [0.2, 0.25) is 0 Å². The van der Waals surface area contributed by atoms with Gasteiger partial charge in [0.15, 0.2) is 0 Å². The zero-order valence-corrected chi connectivity index (χ0v) is 7.59. The van der Waals surface area contributed by atoms with Crippen LogP contribution < -0.4 is 0 Å². The van der Waals surface area contributed by atoms with Crippen molar-refractivity contribution in [3.05, 3.63) is 47.5 Å². The van der Waals surface area contributed by atoms with E-state index in [4.69, 9.17) is 0 Å². The first-order valence-corrected chi connectivity index (χ1v) is 4.93. The maximum absolute atomic E-state index is 2.30. The Balaban J connectivity index is 2.09. The lowest BCUT2D eigenvalue weighted by molar-refractivity contribution is 1.07. The largest absolute Gasteiger partial charge is 0.0879 e. The van der Waals surface area contributed by atoms with Crippen LogP contribution in [0.3, 0.4) is 0 Å². The molecule has 0 aromatic heterocycles. The summed E-state index contributed by atoms with van der Waals surface area (Å²) in [6.07, 6.45) is 8.21. The smallest absolute Gasteiger partial charge is 0.00883 e. The van der Waals surface area contributed by atoms with Gasteiger partial charge < -0.3 is 0 Å². The Hall–Kier alpha value is -1.30. The number of rotatable bonds is 0. The van der Waals surface area contributed by atoms with E-state index < -0.39 is 0 Å². The maximum Gasteiger partial charge on any atom is -0.00883 e. The van der Waals surface area contributed by atoms with Crippen LogP contribution in [0.15, 0.2) is 36.4 Å². The van der Waals surface area contributed by atoms with Crippen molar-refractivity contribution in [2.24, 2.45) is 0 Å². The summed E-state index contributed by atoms with van der Waals surface area (Å²) in [5.41, 5.74) is 6.19. The van der Waals surface area contributed by atoms with E-state index in [1.165, 1.54) is 24.0 Å². The van der Waals surface area contributed by atoms with E-state index in [1.54, 1.807) is 11.1 Å². The first-order valence-electron chi connectivity index (χ1n) is 4.93. The number of allylic oxidation sites excluding steroid dienone is 4. The molecule has 0 bridgehead atoms.